The number of rotatable bonds is 6. The Morgan fingerprint density at radius 2 is 2.09 bits per heavy atom. The number of phenols is 1. The van der Waals surface area contributed by atoms with Crippen LogP contribution in [0.5, 0.6) is 11.5 Å². The van der Waals surface area contributed by atoms with Gasteiger partial charge in [0.05, 0.1) is 24.7 Å². The first-order valence-corrected chi connectivity index (χ1v) is 6.02. The molecule has 0 aliphatic carbocycles. The number of nitro benzene ring substituents is 1. The van der Waals surface area contributed by atoms with E-state index in [9.17, 15) is 28.8 Å². The smallest absolute Gasteiger partial charge is 0.379 e. The molecule has 0 bridgehead atoms. The summed E-state index contributed by atoms with van der Waals surface area (Å²) in [4.78, 5) is 21.2. The zero-order valence-electron chi connectivity index (χ0n) is 12.1. The summed E-state index contributed by atoms with van der Waals surface area (Å²) >= 11 is 0. The molecule has 1 rings (SSSR count). The van der Waals surface area contributed by atoms with E-state index in [1.807, 2.05) is 0 Å². The number of nitrogens with zero attached hydrogens (tertiary/aromatic N) is 1. The number of hydrogen-bond donors (Lipinski definition) is 2. The van der Waals surface area contributed by atoms with E-state index in [1.165, 1.54) is 6.92 Å². The van der Waals surface area contributed by atoms with Gasteiger partial charge in [-0.15, -0.1) is 12.4 Å². The van der Waals surface area contributed by atoms with Gasteiger partial charge in [-0.3, -0.25) is 10.1 Å². The number of benzene rings is 1. The van der Waals surface area contributed by atoms with Gasteiger partial charge in [-0.25, -0.2) is 4.79 Å². The quantitative estimate of drug-likeness (QED) is 0.453. The van der Waals surface area contributed by atoms with Crippen molar-refractivity contribution < 1.29 is 33.1 Å². The summed E-state index contributed by atoms with van der Waals surface area (Å²) in [5.74, 6) is -7.32. The van der Waals surface area contributed by atoms with Crippen molar-refractivity contribution in [1.82, 2.24) is 0 Å². The van der Waals surface area contributed by atoms with E-state index >= 15 is 0 Å². The average molecular weight is 357 g/mol. The predicted molar refractivity (Wildman–Crippen MR) is 77.1 cm³/mol. The van der Waals surface area contributed by atoms with Gasteiger partial charge in [-0.05, 0) is 6.92 Å². The molecule has 3 N–H and O–H groups in total. The molecule has 0 aliphatic heterocycles. The van der Waals surface area contributed by atoms with E-state index in [-0.39, 0.29) is 19.0 Å². The Kier molecular flexibility index (Phi) is 7.13. The van der Waals surface area contributed by atoms with Gasteiger partial charge in [0.15, 0.2) is 11.5 Å². The summed E-state index contributed by atoms with van der Waals surface area (Å²) in [5, 5.41) is 20.6. The molecule has 0 saturated carbocycles. The molecule has 1 atom stereocenters. The Morgan fingerprint density at radius 1 is 1.52 bits per heavy atom. The topological polar surface area (TPSA) is 125 Å². The van der Waals surface area contributed by atoms with E-state index in [1.54, 1.807) is 0 Å². The number of nitro groups is 1. The molecule has 23 heavy (non-hydrogen) atoms. The molecule has 11 heteroatoms. The Labute approximate surface area is 135 Å². The lowest BCUT2D eigenvalue weighted by Gasteiger charge is -2.23. The zero-order valence-corrected chi connectivity index (χ0v) is 12.9. The van der Waals surface area contributed by atoms with Crippen LogP contribution >= 0.6 is 12.4 Å². The van der Waals surface area contributed by atoms with Crippen LogP contribution in [-0.2, 0) is 9.53 Å². The number of phenolic OH excluding ortho intramolecular Hbond substituents is 1. The highest BCUT2D eigenvalue weighted by molar-refractivity contribution is 5.85. The largest absolute Gasteiger partial charge is 0.504 e. The van der Waals surface area contributed by atoms with E-state index in [0.717, 1.165) is 13.2 Å². The minimum Gasteiger partial charge on any atom is -0.504 e. The third kappa shape index (κ3) is 4.17. The summed E-state index contributed by atoms with van der Waals surface area (Å²) in [5.41, 5.74) is 3.98. The predicted octanol–water partition coefficient (Wildman–Crippen LogP) is 1.93. The Morgan fingerprint density at radius 3 is 2.52 bits per heavy atom. The molecule has 0 aromatic heterocycles. The highest BCUT2D eigenvalue weighted by Gasteiger charge is 2.49. The first-order valence-electron chi connectivity index (χ1n) is 6.02. The molecule has 0 saturated heterocycles. The third-order valence-corrected chi connectivity index (χ3v) is 2.79. The maximum Gasteiger partial charge on any atom is 0.379 e. The van der Waals surface area contributed by atoms with Gasteiger partial charge in [-0.2, -0.15) is 8.78 Å². The van der Waals surface area contributed by atoms with Crippen LogP contribution in [-0.4, -0.2) is 35.6 Å². The summed E-state index contributed by atoms with van der Waals surface area (Å²) in [7, 11) is 1.08. The molecule has 0 heterocycles. The summed E-state index contributed by atoms with van der Waals surface area (Å²) in [6, 6.07) is -0.857. The van der Waals surface area contributed by atoms with Gasteiger partial charge >= 0.3 is 11.9 Å². The molecular weight excluding hydrogens is 342 g/mol. The molecular formula is C12H15ClF2N2O6. The number of nitrogens with two attached hydrogens (primary N) is 1. The van der Waals surface area contributed by atoms with E-state index in [4.69, 9.17) is 5.73 Å². The number of alkyl halides is 2. The maximum atomic E-state index is 13.9. The number of halogens is 3. The first-order chi connectivity index (χ1) is 10.2. The Hall–Kier alpha value is -2.20. The van der Waals surface area contributed by atoms with Gasteiger partial charge in [0.1, 0.15) is 6.04 Å². The summed E-state index contributed by atoms with van der Waals surface area (Å²) < 4.78 is 36.7. The second-order valence-electron chi connectivity index (χ2n) is 4.16. The average Bonchev–Trinajstić information content (AvgIpc) is 2.46. The Balaban J connectivity index is 0.00000484. The van der Waals surface area contributed by atoms with Gasteiger partial charge < -0.3 is 20.3 Å². The van der Waals surface area contributed by atoms with Crippen LogP contribution in [0.15, 0.2) is 12.1 Å². The minimum absolute atomic E-state index is 0. The molecule has 0 amide bonds. The van der Waals surface area contributed by atoms with Gasteiger partial charge in [0.2, 0.25) is 0 Å². The van der Waals surface area contributed by atoms with Crippen LogP contribution in [0.4, 0.5) is 14.5 Å². The van der Waals surface area contributed by atoms with Crippen molar-refractivity contribution in [2.75, 3.05) is 13.7 Å². The lowest BCUT2D eigenvalue weighted by Crippen LogP contribution is -2.41. The van der Waals surface area contributed by atoms with Crippen LogP contribution < -0.4 is 10.5 Å². The second-order valence-corrected chi connectivity index (χ2v) is 4.16. The number of methoxy groups -OCH3 is 1. The SMILES string of the molecule is CCOC(=O)C(F)(F)[C@@H](N)c1cc([N+](=O)[O-])cc(OC)c1O.Cl. The highest BCUT2D eigenvalue weighted by atomic mass is 35.5. The van der Waals surface area contributed by atoms with E-state index in [0.29, 0.717) is 6.07 Å². The number of non-ortho nitro benzene ring substituents is 1. The molecule has 0 spiro atoms. The lowest BCUT2D eigenvalue weighted by atomic mass is 9.99. The zero-order chi connectivity index (χ0) is 17.1. The maximum absolute atomic E-state index is 13.9. The molecule has 0 aliphatic rings. The van der Waals surface area contributed by atoms with Crippen molar-refractivity contribution >= 4 is 24.1 Å². The van der Waals surface area contributed by atoms with Crippen LogP contribution in [0.2, 0.25) is 0 Å². The van der Waals surface area contributed by atoms with Gasteiger partial charge in [-0.1, -0.05) is 0 Å². The normalized spacial score (nSPS) is 12.0. The molecule has 0 unspecified atom stereocenters. The van der Waals surface area contributed by atoms with Crippen LogP contribution in [0.25, 0.3) is 0 Å². The van der Waals surface area contributed by atoms with Crippen molar-refractivity contribution in [3.63, 3.8) is 0 Å². The standard InChI is InChI=1S/C12H14F2N2O6.ClH/c1-3-22-11(18)12(13,14)10(15)7-4-6(16(19)20)5-8(21-2)9(7)17;/h4-5,10,17H,3,15H2,1-2H3;1H/t10-;/m0./s1. The van der Waals surface area contributed by atoms with E-state index in [2.05, 4.69) is 9.47 Å². The number of esters is 1. The Bertz CT molecular complexity index is 599. The number of hydrogen-bond acceptors (Lipinski definition) is 7. The molecule has 0 radical (unpaired) electrons. The molecule has 8 nitrogen and oxygen atoms in total. The molecule has 1 aromatic carbocycles. The van der Waals surface area contributed by atoms with Crippen molar-refractivity contribution in [3.05, 3.63) is 27.8 Å². The number of ether oxygens (including phenoxy) is 2. The van der Waals surface area contributed by atoms with Crippen molar-refractivity contribution in [1.29, 1.82) is 0 Å². The number of carbonyl (C=O) groups excluding carboxylic acids is 1. The highest BCUT2D eigenvalue weighted by Crippen LogP contribution is 2.42. The fourth-order valence-electron chi connectivity index (χ4n) is 1.66. The van der Waals surface area contributed by atoms with Crippen molar-refractivity contribution in [2.45, 2.75) is 18.9 Å². The lowest BCUT2D eigenvalue weighted by molar-refractivity contribution is -0.385. The number of carbonyl (C=O) groups is 1. The van der Waals surface area contributed by atoms with Crippen LogP contribution in [0.1, 0.15) is 18.5 Å². The number of aromatic hydroxyl groups is 1. The summed E-state index contributed by atoms with van der Waals surface area (Å²) in [6.45, 7) is 1.03. The fourth-order valence-corrected chi connectivity index (χ4v) is 1.66. The minimum atomic E-state index is -4.19. The summed E-state index contributed by atoms with van der Waals surface area (Å²) in [6.07, 6.45) is 0. The monoisotopic (exact) mass is 356 g/mol. The van der Waals surface area contributed by atoms with Crippen LogP contribution in [0, 0.1) is 10.1 Å². The molecule has 1 aromatic rings. The van der Waals surface area contributed by atoms with Crippen molar-refractivity contribution in [2.24, 2.45) is 5.73 Å². The second kappa shape index (κ2) is 7.88. The molecule has 0 fully saturated rings. The third-order valence-electron chi connectivity index (χ3n) is 2.79. The first kappa shape index (κ1) is 20.8. The fraction of sp³-hybridized carbons (Fsp3) is 0.417. The van der Waals surface area contributed by atoms with Gasteiger partial charge in [0, 0.05) is 11.6 Å². The molecule has 130 valence electrons. The van der Waals surface area contributed by atoms with Gasteiger partial charge in [0.25, 0.3) is 5.69 Å². The van der Waals surface area contributed by atoms with Crippen LogP contribution in [0.3, 0.4) is 0 Å². The van der Waals surface area contributed by atoms with Crippen molar-refractivity contribution in [3.8, 4) is 11.5 Å². The van der Waals surface area contributed by atoms with E-state index < -0.39 is 45.6 Å².